The molecule has 1 aliphatic carbocycles. The van der Waals surface area contributed by atoms with E-state index >= 15 is 0 Å². The number of piperidine rings is 1. The monoisotopic (exact) mass is 473 g/mol. The fraction of sp³-hybridized carbons (Fsp3) is 0.321. The number of fused-ring (bicyclic) bond motifs is 2. The highest BCUT2D eigenvalue weighted by molar-refractivity contribution is 6.32. The lowest BCUT2D eigenvalue weighted by Gasteiger charge is -2.31. The molecule has 0 atom stereocenters. The van der Waals surface area contributed by atoms with Crippen LogP contribution < -0.4 is 4.74 Å². The molecular weight excluding hydrogens is 446 g/mol. The number of pyridine rings is 2. The van der Waals surface area contributed by atoms with E-state index in [2.05, 4.69) is 11.1 Å². The van der Waals surface area contributed by atoms with Crippen LogP contribution in [0.25, 0.3) is 5.57 Å². The summed E-state index contributed by atoms with van der Waals surface area (Å²) in [4.78, 5) is 23.8. The summed E-state index contributed by atoms with van der Waals surface area (Å²) in [6.45, 7) is 3.42. The van der Waals surface area contributed by atoms with Gasteiger partial charge in [-0.25, -0.2) is 0 Å². The highest BCUT2D eigenvalue weighted by Crippen LogP contribution is 2.45. The van der Waals surface area contributed by atoms with Gasteiger partial charge in [0.25, 0.3) is 0 Å². The Kier molecular flexibility index (Phi) is 6.38. The van der Waals surface area contributed by atoms with Crippen molar-refractivity contribution in [1.82, 2.24) is 14.9 Å². The van der Waals surface area contributed by atoms with Crippen molar-refractivity contribution in [3.05, 3.63) is 93.0 Å². The number of rotatable bonds is 3. The van der Waals surface area contributed by atoms with Gasteiger partial charge in [-0.2, -0.15) is 0 Å². The molecule has 1 fully saturated rings. The fourth-order valence-corrected chi connectivity index (χ4v) is 5.39. The van der Waals surface area contributed by atoms with Gasteiger partial charge in [0.1, 0.15) is 5.75 Å². The van der Waals surface area contributed by atoms with Crippen LogP contribution >= 0.6 is 11.6 Å². The largest absolute Gasteiger partial charge is 0.496 e. The van der Waals surface area contributed by atoms with Gasteiger partial charge in [0, 0.05) is 47.8 Å². The number of aryl methyl sites for hydroxylation is 2. The minimum Gasteiger partial charge on any atom is -0.496 e. The van der Waals surface area contributed by atoms with Crippen molar-refractivity contribution in [3.8, 4) is 5.75 Å². The third-order valence-corrected chi connectivity index (χ3v) is 7.45. The average molecular weight is 474 g/mol. The number of ether oxygens (including phenoxy) is 1. The van der Waals surface area contributed by atoms with Crippen LogP contribution in [0.2, 0.25) is 5.02 Å². The van der Waals surface area contributed by atoms with Gasteiger partial charge in [-0.15, -0.1) is 0 Å². The van der Waals surface area contributed by atoms with E-state index in [9.17, 15) is 4.79 Å². The SMILES string of the molecule is COc1cc(C)c(Cl)c2c1C(=C1CCN(C(=O)Cc3ccncc3)CC1)c1ncccc1CC2. The van der Waals surface area contributed by atoms with E-state index in [4.69, 9.17) is 21.3 Å². The van der Waals surface area contributed by atoms with Crippen molar-refractivity contribution in [2.45, 2.75) is 39.0 Å². The zero-order chi connectivity index (χ0) is 23.7. The summed E-state index contributed by atoms with van der Waals surface area (Å²) in [6.07, 6.45) is 9.08. The Bertz CT molecular complexity index is 1260. The predicted octanol–water partition coefficient (Wildman–Crippen LogP) is 5.21. The van der Waals surface area contributed by atoms with Gasteiger partial charge in [0.15, 0.2) is 0 Å². The van der Waals surface area contributed by atoms with E-state index < -0.39 is 0 Å². The normalized spacial score (nSPS) is 15.4. The van der Waals surface area contributed by atoms with Crippen molar-refractivity contribution >= 4 is 23.1 Å². The summed E-state index contributed by atoms with van der Waals surface area (Å²) in [5, 5.41) is 0.812. The molecule has 0 unspecified atom stereocenters. The van der Waals surface area contributed by atoms with Crippen LogP contribution in [-0.4, -0.2) is 41.0 Å². The second-order valence-corrected chi connectivity index (χ2v) is 9.34. The van der Waals surface area contributed by atoms with Crippen molar-refractivity contribution in [1.29, 1.82) is 0 Å². The summed E-state index contributed by atoms with van der Waals surface area (Å²) in [5.41, 5.74) is 8.93. The first-order valence-corrected chi connectivity index (χ1v) is 12.1. The van der Waals surface area contributed by atoms with Crippen molar-refractivity contribution in [2.75, 3.05) is 20.2 Å². The van der Waals surface area contributed by atoms with Gasteiger partial charge in [-0.1, -0.05) is 23.2 Å². The lowest BCUT2D eigenvalue weighted by atomic mass is 9.87. The number of aromatic nitrogens is 2. The lowest BCUT2D eigenvalue weighted by Crippen LogP contribution is -2.37. The molecule has 1 saturated heterocycles. The Morgan fingerprint density at radius 3 is 2.59 bits per heavy atom. The smallest absolute Gasteiger partial charge is 0.227 e. The van der Waals surface area contributed by atoms with E-state index in [-0.39, 0.29) is 5.91 Å². The maximum Gasteiger partial charge on any atom is 0.227 e. The second-order valence-electron chi connectivity index (χ2n) is 8.97. The zero-order valence-electron chi connectivity index (χ0n) is 19.6. The van der Waals surface area contributed by atoms with Crippen LogP contribution in [-0.2, 0) is 24.1 Å². The number of hydrogen-bond donors (Lipinski definition) is 0. The summed E-state index contributed by atoms with van der Waals surface area (Å²) in [5.74, 6) is 1.00. The molecule has 5 rings (SSSR count). The second kappa shape index (κ2) is 9.59. The van der Waals surface area contributed by atoms with Gasteiger partial charge >= 0.3 is 0 Å². The maximum absolute atomic E-state index is 12.9. The number of carbonyl (C=O) groups excluding carboxylic acids is 1. The zero-order valence-corrected chi connectivity index (χ0v) is 20.4. The Morgan fingerprint density at radius 1 is 1.09 bits per heavy atom. The molecule has 6 heteroatoms. The number of methoxy groups -OCH3 is 1. The first kappa shape index (κ1) is 22.6. The van der Waals surface area contributed by atoms with E-state index in [0.29, 0.717) is 19.5 Å². The molecule has 2 aromatic heterocycles. The molecule has 5 nitrogen and oxygen atoms in total. The number of amides is 1. The van der Waals surface area contributed by atoms with E-state index in [1.807, 2.05) is 42.3 Å². The van der Waals surface area contributed by atoms with Crippen molar-refractivity contribution < 1.29 is 9.53 Å². The molecule has 0 N–H and O–H groups in total. The number of likely N-dealkylation sites (tertiary alicyclic amines) is 1. The highest BCUT2D eigenvalue weighted by atomic mass is 35.5. The summed E-state index contributed by atoms with van der Waals surface area (Å²) < 4.78 is 5.88. The summed E-state index contributed by atoms with van der Waals surface area (Å²) >= 11 is 6.85. The molecule has 1 aromatic carbocycles. The highest BCUT2D eigenvalue weighted by Gasteiger charge is 2.30. The molecule has 174 valence electrons. The van der Waals surface area contributed by atoms with E-state index in [1.54, 1.807) is 19.5 Å². The molecular formula is C28H28ClN3O2. The number of halogens is 1. The number of nitrogens with zero attached hydrogens (tertiary/aromatic N) is 3. The quantitative estimate of drug-likeness (QED) is 0.523. The molecule has 34 heavy (non-hydrogen) atoms. The van der Waals surface area contributed by atoms with Crippen LogP contribution in [0.3, 0.4) is 0 Å². The lowest BCUT2D eigenvalue weighted by molar-refractivity contribution is -0.130. The Labute approximate surface area is 205 Å². The molecule has 3 aromatic rings. The average Bonchev–Trinajstić information content (AvgIpc) is 3.04. The van der Waals surface area contributed by atoms with Gasteiger partial charge in [0.2, 0.25) is 5.91 Å². The van der Waals surface area contributed by atoms with Gasteiger partial charge in [0.05, 0.1) is 19.2 Å². The standard InChI is InChI=1S/C28H28ClN3O2/c1-18-16-23(34-2)26-22(27(18)29)6-5-21-4-3-11-31-28(21)25(26)20-9-14-32(15-10-20)24(33)17-19-7-12-30-13-8-19/h3-4,7-8,11-13,16H,5-6,9-10,14-15,17H2,1-2H3. The van der Waals surface area contributed by atoms with Crippen LogP contribution in [0.15, 0.2) is 54.5 Å². The molecule has 1 amide bonds. The fourth-order valence-electron chi connectivity index (χ4n) is 5.15. The van der Waals surface area contributed by atoms with Crippen LogP contribution in [0.4, 0.5) is 0 Å². The molecule has 2 aliphatic rings. The van der Waals surface area contributed by atoms with Gasteiger partial charge < -0.3 is 9.64 Å². The Hall–Kier alpha value is -3.18. The van der Waals surface area contributed by atoms with Crippen LogP contribution in [0.5, 0.6) is 5.75 Å². The molecule has 1 aliphatic heterocycles. The minimum atomic E-state index is 0.159. The first-order valence-electron chi connectivity index (χ1n) is 11.8. The van der Waals surface area contributed by atoms with Crippen LogP contribution in [0.1, 0.15) is 46.4 Å². The van der Waals surface area contributed by atoms with Gasteiger partial charge in [-0.3, -0.25) is 14.8 Å². The maximum atomic E-state index is 12.9. The minimum absolute atomic E-state index is 0.159. The molecule has 0 radical (unpaired) electrons. The molecule has 0 spiro atoms. The molecule has 3 heterocycles. The van der Waals surface area contributed by atoms with Gasteiger partial charge in [-0.05, 0) is 79.1 Å². The number of benzene rings is 1. The molecule has 0 bridgehead atoms. The van der Waals surface area contributed by atoms with E-state index in [1.165, 1.54) is 11.1 Å². The Balaban J connectivity index is 1.53. The van der Waals surface area contributed by atoms with Crippen molar-refractivity contribution in [3.63, 3.8) is 0 Å². The topological polar surface area (TPSA) is 55.3 Å². The van der Waals surface area contributed by atoms with Crippen LogP contribution in [0, 0.1) is 6.92 Å². The van der Waals surface area contributed by atoms with E-state index in [0.717, 1.165) is 70.0 Å². The number of carbonyl (C=O) groups is 1. The van der Waals surface area contributed by atoms with Crippen molar-refractivity contribution in [2.24, 2.45) is 0 Å². The third kappa shape index (κ3) is 4.21. The Morgan fingerprint density at radius 2 is 1.85 bits per heavy atom. The summed E-state index contributed by atoms with van der Waals surface area (Å²) in [7, 11) is 1.72. The number of hydrogen-bond acceptors (Lipinski definition) is 4. The predicted molar refractivity (Wildman–Crippen MR) is 134 cm³/mol. The third-order valence-electron chi connectivity index (χ3n) is 6.93. The first-order chi connectivity index (χ1) is 16.6. The molecule has 0 saturated carbocycles. The summed E-state index contributed by atoms with van der Waals surface area (Å²) in [6, 6.07) is 10.00.